The van der Waals surface area contributed by atoms with Crippen LogP contribution in [-0.2, 0) is 0 Å². The summed E-state index contributed by atoms with van der Waals surface area (Å²) < 4.78 is 5.19. The second-order valence-corrected chi connectivity index (χ2v) is 4.82. The summed E-state index contributed by atoms with van der Waals surface area (Å²) in [6, 6.07) is 20.4. The van der Waals surface area contributed by atoms with Gasteiger partial charge in [0.15, 0.2) is 5.78 Å². The number of hydrogen-bond donors (Lipinski definition) is 0. The minimum absolute atomic E-state index is 0.0415. The molecule has 0 atom stereocenters. The van der Waals surface area contributed by atoms with E-state index in [4.69, 9.17) is 4.74 Å². The molecule has 0 aliphatic carbocycles. The topological polar surface area (TPSA) is 39.2 Å². The molecule has 0 saturated heterocycles. The van der Waals surface area contributed by atoms with Crippen LogP contribution in [0, 0.1) is 0 Å². The monoisotopic (exact) mass is 289 g/mol. The number of ether oxygens (including phenoxy) is 1. The number of carbonyl (C=O) groups is 1. The number of benzene rings is 2. The highest BCUT2D eigenvalue weighted by Crippen LogP contribution is 2.25. The molecule has 0 radical (unpaired) electrons. The lowest BCUT2D eigenvalue weighted by Gasteiger charge is -2.09. The molecule has 0 unspecified atom stereocenters. The summed E-state index contributed by atoms with van der Waals surface area (Å²) in [6.07, 6.45) is 1.72. The predicted octanol–water partition coefficient (Wildman–Crippen LogP) is 3.99. The van der Waals surface area contributed by atoms with Gasteiger partial charge in [0.05, 0.1) is 12.8 Å². The molecule has 0 N–H and O–H groups in total. The van der Waals surface area contributed by atoms with Gasteiger partial charge >= 0.3 is 0 Å². The van der Waals surface area contributed by atoms with E-state index in [2.05, 4.69) is 4.98 Å². The van der Waals surface area contributed by atoms with Crippen LogP contribution in [0.1, 0.15) is 15.9 Å². The van der Waals surface area contributed by atoms with Gasteiger partial charge in [-0.1, -0.05) is 42.5 Å². The molecule has 2 aromatic carbocycles. The molecule has 0 aliphatic rings. The van der Waals surface area contributed by atoms with Crippen LogP contribution in [0.15, 0.2) is 72.9 Å². The van der Waals surface area contributed by atoms with E-state index in [1.165, 1.54) is 0 Å². The molecule has 0 aliphatic heterocycles. The summed E-state index contributed by atoms with van der Waals surface area (Å²) in [5.74, 6) is 0.626. The van der Waals surface area contributed by atoms with Crippen molar-refractivity contribution in [2.24, 2.45) is 0 Å². The summed E-state index contributed by atoms with van der Waals surface area (Å²) in [7, 11) is 1.59. The van der Waals surface area contributed by atoms with Gasteiger partial charge in [-0.15, -0.1) is 0 Å². The molecule has 1 heterocycles. The first-order valence-electron chi connectivity index (χ1n) is 6.99. The molecule has 3 heteroatoms. The fraction of sp³-hybridized carbons (Fsp3) is 0.0526. The van der Waals surface area contributed by atoms with Gasteiger partial charge in [-0.05, 0) is 24.3 Å². The third-order valence-corrected chi connectivity index (χ3v) is 3.44. The largest absolute Gasteiger partial charge is 0.497 e. The van der Waals surface area contributed by atoms with E-state index in [0.29, 0.717) is 16.9 Å². The van der Waals surface area contributed by atoms with Gasteiger partial charge in [0, 0.05) is 22.9 Å². The Morgan fingerprint density at radius 3 is 2.55 bits per heavy atom. The summed E-state index contributed by atoms with van der Waals surface area (Å²) in [5.41, 5.74) is 2.85. The maximum Gasteiger partial charge on any atom is 0.193 e. The fourth-order valence-corrected chi connectivity index (χ4v) is 2.35. The van der Waals surface area contributed by atoms with Crippen LogP contribution in [0.5, 0.6) is 5.75 Å². The molecule has 1 aromatic heterocycles. The molecule has 3 rings (SSSR count). The smallest absolute Gasteiger partial charge is 0.193 e. The average Bonchev–Trinajstić information content (AvgIpc) is 2.62. The van der Waals surface area contributed by atoms with Crippen LogP contribution < -0.4 is 4.74 Å². The van der Waals surface area contributed by atoms with Crippen molar-refractivity contribution in [1.82, 2.24) is 4.98 Å². The van der Waals surface area contributed by atoms with E-state index in [-0.39, 0.29) is 5.78 Å². The van der Waals surface area contributed by atoms with Gasteiger partial charge in [-0.25, -0.2) is 0 Å². The fourth-order valence-electron chi connectivity index (χ4n) is 2.35. The number of pyridine rings is 1. The number of rotatable bonds is 4. The first-order chi connectivity index (χ1) is 10.8. The quantitative estimate of drug-likeness (QED) is 0.682. The van der Waals surface area contributed by atoms with Crippen LogP contribution in [0.4, 0.5) is 0 Å². The van der Waals surface area contributed by atoms with Crippen molar-refractivity contribution < 1.29 is 9.53 Å². The Morgan fingerprint density at radius 1 is 0.955 bits per heavy atom. The van der Waals surface area contributed by atoms with Crippen molar-refractivity contribution in [3.8, 4) is 17.0 Å². The molecule has 108 valence electrons. The maximum absolute atomic E-state index is 12.8. The Hall–Kier alpha value is -2.94. The third kappa shape index (κ3) is 2.74. The van der Waals surface area contributed by atoms with Gasteiger partial charge in [0.25, 0.3) is 0 Å². The second-order valence-electron chi connectivity index (χ2n) is 4.82. The number of nitrogens with zero attached hydrogens (tertiary/aromatic N) is 1. The first-order valence-corrected chi connectivity index (χ1v) is 6.99. The van der Waals surface area contributed by atoms with Crippen LogP contribution in [-0.4, -0.2) is 17.9 Å². The molecule has 22 heavy (non-hydrogen) atoms. The average molecular weight is 289 g/mol. The van der Waals surface area contributed by atoms with Crippen molar-refractivity contribution in [2.45, 2.75) is 0 Å². The zero-order chi connectivity index (χ0) is 15.4. The molecule has 0 saturated carbocycles. The van der Waals surface area contributed by atoms with E-state index in [0.717, 1.165) is 11.3 Å². The molecular formula is C19H15NO2. The molecule has 0 spiro atoms. The summed E-state index contributed by atoms with van der Waals surface area (Å²) in [5, 5.41) is 0. The number of hydrogen-bond acceptors (Lipinski definition) is 3. The van der Waals surface area contributed by atoms with E-state index >= 15 is 0 Å². The Balaban J connectivity index is 2.07. The third-order valence-electron chi connectivity index (χ3n) is 3.44. The van der Waals surface area contributed by atoms with Crippen LogP contribution in [0.2, 0.25) is 0 Å². The SMILES string of the molecule is COc1cccc(C(=O)c2ccccc2-c2ccccn2)c1. The van der Waals surface area contributed by atoms with Gasteiger partial charge in [0.2, 0.25) is 0 Å². The highest BCUT2D eigenvalue weighted by molar-refractivity contribution is 6.12. The zero-order valence-corrected chi connectivity index (χ0v) is 12.2. The van der Waals surface area contributed by atoms with Crippen molar-refractivity contribution in [3.05, 3.63) is 84.1 Å². The Morgan fingerprint density at radius 2 is 1.77 bits per heavy atom. The number of carbonyl (C=O) groups excluding carboxylic acids is 1. The molecule has 3 aromatic rings. The Labute approximate surface area is 129 Å². The standard InChI is InChI=1S/C19H15NO2/c1-22-15-8-6-7-14(13-15)19(21)17-10-3-2-9-16(17)18-11-4-5-12-20-18/h2-13H,1H3. The summed E-state index contributed by atoms with van der Waals surface area (Å²) in [4.78, 5) is 17.2. The van der Waals surface area contributed by atoms with E-state index in [1.54, 1.807) is 25.4 Å². The van der Waals surface area contributed by atoms with Gasteiger partial charge in [0.1, 0.15) is 5.75 Å². The Bertz CT molecular complexity index is 797. The highest BCUT2D eigenvalue weighted by atomic mass is 16.5. The zero-order valence-electron chi connectivity index (χ0n) is 12.2. The maximum atomic E-state index is 12.8. The first kappa shape index (κ1) is 14.0. The van der Waals surface area contributed by atoms with E-state index in [9.17, 15) is 4.79 Å². The van der Waals surface area contributed by atoms with Gasteiger partial charge in [-0.3, -0.25) is 9.78 Å². The van der Waals surface area contributed by atoms with Crippen molar-refractivity contribution >= 4 is 5.78 Å². The molecule has 0 fully saturated rings. The highest BCUT2D eigenvalue weighted by Gasteiger charge is 2.15. The van der Waals surface area contributed by atoms with E-state index in [1.807, 2.05) is 54.6 Å². The van der Waals surface area contributed by atoms with Crippen molar-refractivity contribution in [2.75, 3.05) is 7.11 Å². The normalized spacial score (nSPS) is 10.2. The lowest BCUT2D eigenvalue weighted by Crippen LogP contribution is -2.04. The summed E-state index contributed by atoms with van der Waals surface area (Å²) >= 11 is 0. The number of ketones is 1. The molecular weight excluding hydrogens is 274 g/mol. The van der Waals surface area contributed by atoms with Crippen LogP contribution >= 0.6 is 0 Å². The predicted molar refractivity (Wildman–Crippen MR) is 86.1 cm³/mol. The Kier molecular flexibility index (Phi) is 3.97. The van der Waals surface area contributed by atoms with Crippen molar-refractivity contribution in [1.29, 1.82) is 0 Å². The summed E-state index contributed by atoms with van der Waals surface area (Å²) in [6.45, 7) is 0. The molecule has 0 amide bonds. The number of methoxy groups -OCH3 is 1. The van der Waals surface area contributed by atoms with E-state index < -0.39 is 0 Å². The van der Waals surface area contributed by atoms with Crippen LogP contribution in [0.3, 0.4) is 0 Å². The lowest BCUT2D eigenvalue weighted by molar-refractivity contribution is 0.103. The molecule has 0 bridgehead atoms. The van der Waals surface area contributed by atoms with Gasteiger partial charge in [-0.2, -0.15) is 0 Å². The lowest BCUT2D eigenvalue weighted by atomic mass is 9.96. The van der Waals surface area contributed by atoms with Gasteiger partial charge < -0.3 is 4.74 Å². The minimum Gasteiger partial charge on any atom is -0.497 e. The van der Waals surface area contributed by atoms with Crippen LogP contribution in [0.25, 0.3) is 11.3 Å². The molecule has 3 nitrogen and oxygen atoms in total. The number of aromatic nitrogens is 1. The minimum atomic E-state index is -0.0415. The van der Waals surface area contributed by atoms with Crippen molar-refractivity contribution in [3.63, 3.8) is 0 Å². The second kappa shape index (κ2) is 6.22.